The molecule has 0 saturated heterocycles. The lowest BCUT2D eigenvalue weighted by molar-refractivity contribution is 0.0525. The highest BCUT2D eigenvalue weighted by Gasteiger charge is 2.10. The first-order chi connectivity index (χ1) is 7.27. The monoisotopic (exact) mass is 214 g/mol. The largest absolute Gasteiger partial charge is 0.466 e. The van der Waals surface area contributed by atoms with Gasteiger partial charge >= 0.3 is 5.97 Å². The molecule has 0 radical (unpaired) electrons. The Kier molecular flexibility index (Phi) is 4.86. The van der Waals surface area contributed by atoms with Crippen LogP contribution in [0.1, 0.15) is 23.0 Å². The molecule has 0 aliphatic heterocycles. The Hall–Kier alpha value is -1.33. The van der Waals surface area contributed by atoms with E-state index in [-0.39, 0.29) is 19.8 Å². The van der Waals surface area contributed by atoms with Crippen molar-refractivity contribution in [2.45, 2.75) is 13.5 Å². The third-order valence-electron chi connectivity index (χ3n) is 1.64. The van der Waals surface area contributed by atoms with E-state index in [4.69, 9.17) is 19.0 Å². The lowest BCUT2D eigenvalue weighted by Crippen LogP contribution is -2.02. The lowest BCUT2D eigenvalue weighted by atomic mass is 10.3. The van der Waals surface area contributed by atoms with E-state index in [2.05, 4.69) is 0 Å². The third kappa shape index (κ3) is 3.73. The number of aliphatic hydroxyl groups is 1. The Balaban J connectivity index is 2.45. The Morgan fingerprint density at radius 1 is 1.60 bits per heavy atom. The quantitative estimate of drug-likeness (QED) is 0.564. The number of hydrogen-bond acceptors (Lipinski definition) is 5. The van der Waals surface area contributed by atoms with Crippen LogP contribution in [0.25, 0.3) is 0 Å². The second kappa shape index (κ2) is 6.21. The number of carbonyl (C=O) groups is 1. The van der Waals surface area contributed by atoms with Crippen LogP contribution in [0.5, 0.6) is 0 Å². The number of aliphatic hydroxyl groups excluding tert-OH is 1. The molecule has 5 heteroatoms. The van der Waals surface area contributed by atoms with Gasteiger partial charge in [-0.15, -0.1) is 0 Å². The third-order valence-corrected chi connectivity index (χ3v) is 1.64. The normalized spacial score (nSPS) is 10.3. The maximum Gasteiger partial charge on any atom is 0.341 e. The van der Waals surface area contributed by atoms with Crippen molar-refractivity contribution >= 4 is 5.97 Å². The highest BCUT2D eigenvalue weighted by Crippen LogP contribution is 2.10. The number of furan rings is 1. The van der Waals surface area contributed by atoms with E-state index in [0.29, 0.717) is 17.9 Å². The van der Waals surface area contributed by atoms with E-state index < -0.39 is 5.97 Å². The van der Waals surface area contributed by atoms with Gasteiger partial charge in [-0.3, -0.25) is 0 Å². The van der Waals surface area contributed by atoms with Crippen LogP contribution in [-0.4, -0.2) is 30.9 Å². The minimum Gasteiger partial charge on any atom is -0.466 e. The molecule has 0 aliphatic carbocycles. The van der Waals surface area contributed by atoms with E-state index in [9.17, 15) is 4.79 Å². The second-order valence-electron chi connectivity index (χ2n) is 2.80. The summed E-state index contributed by atoms with van der Waals surface area (Å²) in [5.74, 6) is 0.126. The van der Waals surface area contributed by atoms with Gasteiger partial charge in [0, 0.05) is 0 Å². The molecule has 1 aromatic heterocycles. The van der Waals surface area contributed by atoms with E-state index in [1.165, 1.54) is 6.26 Å². The van der Waals surface area contributed by atoms with Crippen molar-refractivity contribution in [1.82, 2.24) is 0 Å². The van der Waals surface area contributed by atoms with E-state index in [1.54, 1.807) is 13.0 Å². The van der Waals surface area contributed by atoms with Gasteiger partial charge in [-0.1, -0.05) is 0 Å². The van der Waals surface area contributed by atoms with E-state index in [1.807, 2.05) is 0 Å². The first-order valence-electron chi connectivity index (χ1n) is 4.71. The smallest absolute Gasteiger partial charge is 0.341 e. The van der Waals surface area contributed by atoms with Crippen molar-refractivity contribution < 1.29 is 23.8 Å². The molecule has 15 heavy (non-hydrogen) atoms. The maximum absolute atomic E-state index is 11.2. The zero-order valence-corrected chi connectivity index (χ0v) is 8.56. The summed E-state index contributed by atoms with van der Waals surface area (Å²) in [7, 11) is 0. The molecule has 0 aromatic carbocycles. The standard InChI is InChI=1S/C10H14O5/c1-2-14-10(12)8-5-9(15-6-8)7-13-4-3-11/h5-6,11H,2-4,7H2,1H3. The van der Waals surface area contributed by atoms with Gasteiger partial charge in [-0.05, 0) is 13.0 Å². The van der Waals surface area contributed by atoms with Crippen LogP contribution in [0.3, 0.4) is 0 Å². The Bertz CT molecular complexity index is 305. The second-order valence-corrected chi connectivity index (χ2v) is 2.80. The molecule has 1 rings (SSSR count). The van der Waals surface area contributed by atoms with Gasteiger partial charge in [-0.25, -0.2) is 4.79 Å². The van der Waals surface area contributed by atoms with Crippen molar-refractivity contribution in [1.29, 1.82) is 0 Å². The molecule has 0 atom stereocenters. The summed E-state index contributed by atoms with van der Waals surface area (Å²) in [6.07, 6.45) is 1.33. The van der Waals surface area contributed by atoms with Gasteiger partial charge in [0.05, 0.1) is 25.4 Å². The van der Waals surface area contributed by atoms with Crippen LogP contribution >= 0.6 is 0 Å². The van der Waals surface area contributed by atoms with Crippen LogP contribution in [0.2, 0.25) is 0 Å². The molecule has 0 aliphatic rings. The molecule has 5 nitrogen and oxygen atoms in total. The Labute approximate surface area is 87.6 Å². The Morgan fingerprint density at radius 2 is 2.40 bits per heavy atom. The van der Waals surface area contributed by atoms with E-state index in [0.717, 1.165) is 0 Å². The van der Waals surface area contributed by atoms with Crippen LogP contribution in [0.4, 0.5) is 0 Å². The molecule has 0 fully saturated rings. The minimum absolute atomic E-state index is 0.0363. The number of hydrogen-bond donors (Lipinski definition) is 1. The molecule has 1 heterocycles. The number of ether oxygens (including phenoxy) is 2. The average Bonchev–Trinajstić information content (AvgIpc) is 2.67. The van der Waals surface area contributed by atoms with Gasteiger partial charge in [0.15, 0.2) is 0 Å². The number of rotatable bonds is 6. The highest BCUT2D eigenvalue weighted by molar-refractivity contribution is 5.89. The zero-order valence-electron chi connectivity index (χ0n) is 8.56. The highest BCUT2D eigenvalue weighted by atomic mass is 16.5. The summed E-state index contributed by atoms with van der Waals surface area (Å²) in [5.41, 5.74) is 0.374. The van der Waals surface area contributed by atoms with Crippen LogP contribution in [0, 0.1) is 0 Å². The summed E-state index contributed by atoms with van der Waals surface area (Å²) < 4.78 is 14.9. The molecule has 0 saturated carbocycles. The van der Waals surface area contributed by atoms with Crippen LogP contribution in [0.15, 0.2) is 16.7 Å². The van der Waals surface area contributed by atoms with Crippen molar-refractivity contribution in [2.75, 3.05) is 19.8 Å². The van der Waals surface area contributed by atoms with Gasteiger partial charge < -0.3 is 19.0 Å². The number of carbonyl (C=O) groups excluding carboxylic acids is 1. The van der Waals surface area contributed by atoms with E-state index >= 15 is 0 Å². The molecule has 0 unspecified atom stereocenters. The molecule has 1 aromatic rings. The topological polar surface area (TPSA) is 68.9 Å². The van der Waals surface area contributed by atoms with Crippen LogP contribution in [-0.2, 0) is 16.1 Å². The van der Waals surface area contributed by atoms with Gasteiger partial charge in [-0.2, -0.15) is 0 Å². The van der Waals surface area contributed by atoms with Crippen molar-refractivity contribution in [3.8, 4) is 0 Å². The summed E-state index contributed by atoms with van der Waals surface area (Å²) in [5, 5.41) is 8.48. The minimum atomic E-state index is -0.408. The fourth-order valence-corrected chi connectivity index (χ4v) is 1.02. The van der Waals surface area contributed by atoms with Crippen molar-refractivity contribution in [3.63, 3.8) is 0 Å². The molecule has 84 valence electrons. The van der Waals surface area contributed by atoms with Gasteiger partial charge in [0.1, 0.15) is 18.6 Å². The zero-order chi connectivity index (χ0) is 11.1. The summed E-state index contributed by atoms with van der Waals surface area (Å²) >= 11 is 0. The molecular weight excluding hydrogens is 200 g/mol. The molecule has 1 N–H and O–H groups in total. The molecule has 0 spiro atoms. The van der Waals surface area contributed by atoms with Crippen molar-refractivity contribution in [3.05, 3.63) is 23.7 Å². The van der Waals surface area contributed by atoms with Gasteiger partial charge in [0.25, 0.3) is 0 Å². The summed E-state index contributed by atoms with van der Waals surface area (Å²) in [4.78, 5) is 11.2. The van der Waals surface area contributed by atoms with Crippen LogP contribution < -0.4 is 0 Å². The molecule has 0 amide bonds. The SMILES string of the molecule is CCOC(=O)c1coc(COCCO)c1. The van der Waals surface area contributed by atoms with Crippen molar-refractivity contribution in [2.24, 2.45) is 0 Å². The maximum atomic E-state index is 11.2. The predicted molar refractivity (Wildman–Crippen MR) is 51.4 cm³/mol. The number of esters is 1. The first-order valence-corrected chi connectivity index (χ1v) is 4.71. The summed E-state index contributed by atoms with van der Waals surface area (Å²) in [6.45, 7) is 2.52. The fraction of sp³-hybridized carbons (Fsp3) is 0.500. The molecule has 0 bridgehead atoms. The summed E-state index contributed by atoms with van der Waals surface area (Å²) in [6, 6.07) is 1.56. The Morgan fingerprint density at radius 3 is 3.07 bits per heavy atom. The molecular formula is C10H14O5. The van der Waals surface area contributed by atoms with Gasteiger partial charge in [0.2, 0.25) is 0 Å². The first kappa shape index (κ1) is 11.7. The predicted octanol–water partition coefficient (Wildman–Crippen LogP) is 0.965. The lowest BCUT2D eigenvalue weighted by Gasteiger charge is -1.97. The average molecular weight is 214 g/mol. The fourth-order valence-electron chi connectivity index (χ4n) is 1.02.